The van der Waals surface area contributed by atoms with Crippen LogP contribution in [0.15, 0.2) is 16.5 Å². The van der Waals surface area contributed by atoms with Gasteiger partial charge in [0.2, 0.25) is 0 Å². The molecule has 1 fully saturated rings. The van der Waals surface area contributed by atoms with Crippen molar-refractivity contribution in [3.8, 4) is 0 Å². The highest BCUT2D eigenvalue weighted by Crippen LogP contribution is 2.19. The van der Waals surface area contributed by atoms with Gasteiger partial charge in [0.05, 0.1) is 6.54 Å². The molecule has 0 bridgehead atoms. The van der Waals surface area contributed by atoms with Crippen LogP contribution in [0.25, 0.3) is 0 Å². The van der Waals surface area contributed by atoms with Crippen LogP contribution in [0.5, 0.6) is 0 Å². The Kier molecular flexibility index (Phi) is 4.84. The first kappa shape index (κ1) is 13.6. The largest absolute Gasteiger partial charge is 0.465 e. The van der Waals surface area contributed by atoms with E-state index in [0.29, 0.717) is 6.04 Å². The van der Waals surface area contributed by atoms with Crippen molar-refractivity contribution in [2.24, 2.45) is 5.92 Å². The summed E-state index contributed by atoms with van der Waals surface area (Å²) in [5, 5.41) is 3.61. The lowest BCUT2D eigenvalue weighted by atomic mass is 9.91. The van der Waals surface area contributed by atoms with E-state index in [4.69, 9.17) is 4.42 Å². The van der Waals surface area contributed by atoms with Gasteiger partial charge in [-0.05, 0) is 57.8 Å². The van der Waals surface area contributed by atoms with Gasteiger partial charge >= 0.3 is 0 Å². The molecule has 3 heteroatoms. The molecule has 2 unspecified atom stereocenters. The van der Waals surface area contributed by atoms with Gasteiger partial charge in [-0.2, -0.15) is 0 Å². The maximum Gasteiger partial charge on any atom is 0.117 e. The second-order valence-electron chi connectivity index (χ2n) is 5.48. The zero-order chi connectivity index (χ0) is 13.0. The number of nitrogens with zero attached hydrogens (tertiary/aromatic N) is 1. The van der Waals surface area contributed by atoms with Crippen LogP contribution >= 0.6 is 0 Å². The molecule has 0 radical (unpaired) electrons. The smallest absolute Gasteiger partial charge is 0.117 e. The normalized spacial score (nSPS) is 23.2. The van der Waals surface area contributed by atoms with Gasteiger partial charge in [-0.25, -0.2) is 0 Å². The Morgan fingerprint density at radius 1 is 1.50 bits per heavy atom. The summed E-state index contributed by atoms with van der Waals surface area (Å²) >= 11 is 0. The van der Waals surface area contributed by atoms with Gasteiger partial charge in [0.15, 0.2) is 0 Å². The van der Waals surface area contributed by atoms with E-state index in [9.17, 15) is 0 Å². The predicted molar refractivity (Wildman–Crippen MR) is 74.6 cm³/mol. The van der Waals surface area contributed by atoms with Crippen molar-refractivity contribution in [2.45, 2.75) is 46.2 Å². The standard InChI is InChI=1S/C15H26N2O/c1-4-17-9-5-6-14(11-17)13(3)16-10-15-8-7-12(2)18-15/h7-8,13-14,16H,4-6,9-11H2,1-3H3. The van der Waals surface area contributed by atoms with Crippen molar-refractivity contribution in [1.29, 1.82) is 0 Å². The summed E-state index contributed by atoms with van der Waals surface area (Å²) in [6.45, 7) is 11.1. The average Bonchev–Trinajstić information content (AvgIpc) is 2.82. The molecule has 2 atom stereocenters. The third kappa shape index (κ3) is 3.59. The molecule has 0 spiro atoms. The van der Waals surface area contributed by atoms with Crippen molar-refractivity contribution in [3.05, 3.63) is 23.7 Å². The number of rotatable bonds is 5. The Bertz CT molecular complexity index is 361. The number of hydrogen-bond acceptors (Lipinski definition) is 3. The summed E-state index contributed by atoms with van der Waals surface area (Å²) in [5.74, 6) is 2.81. The maximum atomic E-state index is 5.59. The fourth-order valence-corrected chi connectivity index (χ4v) is 2.80. The summed E-state index contributed by atoms with van der Waals surface area (Å²) in [6.07, 6.45) is 2.69. The van der Waals surface area contributed by atoms with Gasteiger partial charge in [-0.15, -0.1) is 0 Å². The van der Waals surface area contributed by atoms with Crippen LogP contribution in [0.3, 0.4) is 0 Å². The molecule has 102 valence electrons. The molecule has 2 heterocycles. The van der Waals surface area contributed by atoms with Gasteiger partial charge < -0.3 is 14.6 Å². The average molecular weight is 250 g/mol. The Morgan fingerprint density at radius 3 is 3.00 bits per heavy atom. The summed E-state index contributed by atoms with van der Waals surface area (Å²) in [5.41, 5.74) is 0. The molecule has 3 nitrogen and oxygen atoms in total. The molecule has 1 saturated heterocycles. The van der Waals surface area contributed by atoms with E-state index >= 15 is 0 Å². The number of furan rings is 1. The highest BCUT2D eigenvalue weighted by atomic mass is 16.3. The van der Waals surface area contributed by atoms with E-state index in [2.05, 4.69) is 30.1 Å². The molecule has 0 aliphatic carbocycles. The van der Waals surface area contributed by atoms with Gasteiger partial charge in [0, 0.05) is 12.6 Å². The maximum absolute atomic E-state index is 5.59. The van der Waals surface area contributed by atoms with Crippen LogP contribution in [0.1, 0.15) is 38.2 Å². The van der Waals surface area contributed by atoms with Crippen LogP contribution in [-0.4, -0.2) is 30.6 Å². The summed E-state index contributed by atoms with van der Waals surface area (Å²) in [4.78, 5) is 2.56. The second kappa shape index (κ2) is 6.39. The van der Waals surface area contributed by atoms with Crippen LogP contribution in [0, 0.1) is 12.8 Å². The van der Waals surface area contributed by atoms with E-state index < -0.39 is 0 Å². The lowest BCUT2D eigenvalue weighted by Gasteiger charge is -2.35. The first-order valence-corrected chi connectivity index (χ1v) is 7.20. The number of likely N-dealkylation sites (tertiary alicyclic amines) is 1. The van der Waals surface area contributed by atoms with Crippen LogP contribution < -0.4 is 5.32 Å². The SMILES string of the molecule is CCN1CCCC(C(C)NCc2ccc(C)o2)C1. The lowest BCUT2D eigenvalue weighted by Crippen LogP contribution is -2.44. The molecule has 1 aliphatic heterocycles. The first-order valence-electron chi connectivity index (χ1n) is 7.20. The molecule has 0 amide bonds. The van der Waals surface area contributed by atoms with Crippen molar-refractivity contribution in [1.82, 2.24) is 10.2 Å². The van der Waals surface area contributed by atoms with E-state index in [-0.39, 0.29) is 0 Å². The Labute approximate surface area is 111 Å². The molecule has 18 heavy (non-hydrogen) atoms. The molecule has 1 aromatic heterocycles. The van der Waals surface area contributed by atoms with Crippen molar-refractivity contribution < 1.29 is 4.42 Å². The van der Waals surface area contributed by atoms with Gasteiger partial charge in [-0.3, -0.25) is 0 Å². The van der Waals surface area contributed by atoms with Crippen molar-refractivity contribution in [3.63, 3.8) is 0 Å². The minimum atomic E-state index is 0.560. The van der Waals surface area contributed by atoms with E-state index in [0.717, 1.165) is 24.0 Å². The van der Waals surface area contributed by atoms with Crippen molar-refractivity contribution in [2.75, 3.05) is 19.6 Å². The minimum absolute atomic E-state index is 0.560. The first-order chi connectivity index (χ1) is 8.69. The Morgan fingerprint density at radius 2 is 2.33 bits per heavy atom. The molecular weight excluding hydrogens is 224 g/mol. The van der Waals surface area contributed by atoms with Gasteiger partial charge in [0.1, 0.15) is 11.5 Å². The molecule has 1 aliphatic rings. The zero-order valence-electron chi connectivity index (χ0n) is 11.9. The predicted octanol–water partition coefficient (Wildman–Crippen LogP) is 2.80. The number of nitrogens with one attached hydrogen (secondary N) is 1. The third-order valence-corrected chi connectivity index (χ3v) is 4.09. The summed E-state index contributed by atoms with van der Waals surface area (Å²) in [7, 11) is 0. The van der Waals surface area contributed by atoms with Gasteiger partial charge in [0.25, 0.3) is 0 Å². The summed E-state index contributed by atoms with van der Waals surface area (Å²) < 4.78 is 5.59. The van der Waals surface area contributed by atoms with Crippen LogP contribution in [-0.2, 0) is 6.54 Å². The van der Waals surface area contributed by atoms with Gasteiger partial charge in [-0.1, -0.05) is 6.92 Å². The fourth-order valence-electron chi connectivity index (χ4n) is 2.80. The quantitative estimate of drug-likeness (QED) is 0.871. The molecule has 2 rings (SSSR count). The summed E-state index contributed by atoms with van der Waals surface area (Å²) in [6, 6.07) is 4.65. The second-order valence-corrected chi connectivity index (χ2v) is 5.48. The fraction of sp³-hybridized carbons (Fsp3) is 0.733. The molecule has 1 aromatic rings. The highest BCUT2D eigenvalue weighted by molar-refractivity contribution is 5.05. The van der Waals surface area contributed by atoms with Crippen LogP contribution in [0.2, 0.25) is 0 Å². The number of aryl methyl sites for hydroxylation is 1. The van der Waals surface area contributed by atoms with E-state index in [1.54, 1.807) is 0 Å². The Hall–Kier alpha value is -0.800. The number of piperidine rings is 1. The molecule has 0 aromatic carbocycles. The molecule has 1 N–H and O–H groups in total. The highest BCUT2D eigenvalue weighted by Gasteiger charge is 2.23. The minimum Gasteiger partial charge on any atom is -0.465 e. The zero-order valence-corrected chi connectivity index (χ0v) is 11.9. The monoisotopic (exact) mass is 250 g/mol. The number of hydrogen-bond donors (Lipinski definition) is 1. The molecule has 0 saturated carbocycles. The Balaban J connectivity index is 1.78. The topological polar surface area (TPSA) is 28.4 Å². The lowest BCUT2D eigenvalue weighted by molar-refractivity contribution is 0.156. The third-order valence-electron chi connectivity index (χ3n) is 4.09. The van der Waals surface area contributed by atoms with E-state index in [1.165, 1.54) is 32.5 Å². The van der Waals surface area contributed by atoms with Crippen molar-refractivity contribution >= 4 is 0 Å². The van der Waals surface area contributed by atoms with E-state index in [1.807, 2.05) is 13.0 Å². The van der Waals surface area contributed by atoms with Crippen LogP contribution in [0.4, 0.5) is 0 Å². The molecular formula is C15H26N2O.